The Balaban J connectivity index is 1.48. The SMILES string of the molecule is C=C1Nc2ccccc2C(c2ccccc2)=N[C@@H]1Nc1nnc(-c2ncc(C(F)(F)F)cc2NCC#N)o1. The summed E-state index contributed by atoms with van der Waals surface area (Å²) in [7, 11) is 0. The van der Waals surface area contributed by atoms with Crippen LogP contribution in [0.3, 0.4) is 0 Å². The van der Waals surface area contributed by atoms with Crippen LogP contribution in [0, 0.1) is 11.3 Å². The summed E-state index contributed by atoms with van der Waals surface area (Å²) in [6.45, 7) is 3.84. The van der Waals surface area contributed by atoms with Crippen LogP contribution in [0.4, 0.5) is 30.6 Å². The van der Waals surface area contributed by atoms with E-state index in [1.54, 1.807) is 0 Å². The van der Waals surface area contributed by atoms with Gasteiger partial charge in [-0.2, -0.15) is 18.4 Å². The number of nitrogens with zero attached hydrogens (tertiary/aromatic N) is 5. The predicted molar refractivity (Wildman–Crippen MR) is 135 cm³/mol. The molecular formula is C26H19F3N8O. The van der Waals surface area contributed by atoms with Crippen molar-refractivity contribution in [1.29, 1.82) is 5.26 Å². The van der Waals surface area contributed by atoms with Crippen molar-refractivity contribution < 1.29 is 17.6 Å². The lowest BCUT2D eigenvalue weighted by Gasteiger charge is -2.15. The molecule has 3 N–H and O–H groups in total. The van der Waals surface area contributed by atoms with Crippen molar-refractivity contribution in [3.05, 3.63) is 95.8 Å². The molecule has 0 radical (unpaired) electrons. The number of benzodiazepines with no additional fused rings is 1. The molecule has 0 spiro atoms. The molecule has 0 fully saturated rings. The van der Waals surface area contributed by atoms with Gasteiger partial charge in [0.05, 0.1) is 28.7 Å². The first kappa shape index (κ1) is 24.5. The lowest BCUT2D eigenvalue weighted by Crippen LogP contribution is -2.23. The van der Waals surface area contributed by atoms with Gasteiger partial charge < -0.3 is 20.4 Å². The standard InChI is InChI=1S/C26H19F3N8O/c1-15-23(34-21(16-7-3-2-4-8-16)18-9-5-6-10-19(18)33-15)35-25-37-36-24(38-25)22-20(31-12-11-30)13-17(14-32-22)26(27,28)29/h2-10,13-14,23,31,33H,1,12H2,(H,35,37)/t23-/m1/s1. The van der Waals surface area contributed by atoms with Crippen LogP contribution in [0.1, 0.15) is 16.7 Å². The molecule has 0 saturated heterocycles. The van der Waals surface area contributed by atoms with E-state index in [-0.39, 0.29) is 29.8 Å². The van der Waals surface area contributed by atoms with Crippen molar-refractivity contribution in [2.75, 3.05) is 22.5 Å². The Bertz CT molecular complexity index is 1560. The minimum atomic E-state index is -4.62. The first-order valence-corrected chi connectivity index (χ1v) is 11.3. The van der Waals surface area contributed by atoms with Crippen LogP contribution < -0.4 is 16.0 Å². The molecule has 1 atom stereocenters. The van der Waals surface area contributed by atoms with Gasteiger partial charge in [0.2, 0.25) is 0 Å². The van der Waals surface area contributed by atoms with Gasteiger partial charge in [-0.1, -0.05) is 60.2 Å². The number of benzene rings is 2. The second kappa shape index (κ2) is 10.1. The van der Waals surface area contributed by atoms with Gasteiger partial charge in [-0.3, -0.25) is 4.99 Å². The summed E-state index contributed by atoms with van der Waals surface area (Å²) in [5.74, 6) is -0.149. The van der Waals surface area contributed by atoms with Gasteiger partial charge >= 0.3 is 12.2 Å². The second-order valence-corrected chi connectivity index (χ2v) is 8.13. The molecular weight excluding hydrogens is 497 g/mol. The van der Waals surface area contributed by atoms with Crippen LogP contribution in [-0.2, 0) is 6.18 Å². The van der Waals surface area contributed by atoms with E-state index < -0.39 is 17.9 Å². The monoisotopic (exact) mass is 516 g/mol. The molecule has 3 heterocycles. The van der Waals surface area contributed by atoms with Crippen LogP contribution in [0.2, 0.25) is 0 Å². The molecule has 2 aromatic heterocycles. The zero-order valence-corrected chi connectivity index (χ0v) is 19.6. The summed E-state index contributed by atoms with van der Waals surface area (Å²) in [5, 5.41) is 25.7. The maximum Gasteiger partial charge on any atom is 0.417 e. The number of hydrogen-bond acceptors (Lipinski definition) is 9. The molecule has 1 aliphatic rings. The number of para-hydroxylation sites is 1. The lowest BCUT2D eigenvalue weighted by atomic mass is 10.0. The lowest BCUT2D eigenvalue weighted by molar-refractivity contribution is -0.137. The van der Waals surface area contributed by atoms with Crippen molar-refractivity contribution in [2.45, 2.75) is 12.3 Å². The molecule has 38 heavy (non-hydrogen) atoms. The van der Waals surface area contributed by atoms with Gasteiger partial charge in [-0.05, 0) is 12.1 Å². The average Bonchev–Trinajstić information content (AvgIpc) is 3.33. The first-order chi connectivity index (χ1) is 18.3. The predicted octanol–water partition coefficient (Wildman–Crippen LogP) is 5.30. The first-order valence-electron chi connectivity index (χ1n) is 11.3. The molecule has 0 unspecified atom stereocenters. The summed E-state index contributed by atoms with van der Waals surface area (Å²) in [6.07, 6.45) is -4.69. The van der Waals surface area contributed by atoms with E-state index in [9.17, 15) is 13.2 Å². The number of hydrogen-bond donors (Lipinski definition) is 3. The summed E-state index contributed by atoms with van der Waals surface area (Å²) in [6, 6.07) is 19.9. The Morgan fingerprint density at radius 3 is 2.61 bits per heavy atom. The number of rotatable bonds is 6. The molecule has 2 aromatic carbocycles. The Morgan fingerprint density at radius 2 is 1.84 bits per heavy atom. The van der Waals surface area contributed by atoms with Crippen molar-refractivity contribution in [3.8, 4) is 17.7 Å². The molecule has 0 amide bonds. The van der Waals surface area contributed by atoms with Crippen LogP contribution in [0.25, 0.3) is 11.6 Å². The number of aromatic nitrogens is 3. The average molecular weight is 516 g/mol. The third-order valence-electron chi connectivity index (χ3n) is 5.57. The maximum absolute atomic E-state index is 13.2. The quantitative estimate of drug-likeness (QED) is 0.295. The molecule has 190 valence electrons. The topological polar surface area (TPSA) is 124 Å². The molecule has 1 aliphatic heterocycles. The van der Waals surface area contributed by atoms with Crippen LogP contribution >= 0.6 is 0 Å². The number of nitriles is 1. The number of pyridine rings is 1. The maximum atomic E-state index is 13.2. The third-order valence-corrected chi connectivity index (χ3v) is 5.57. The normalized spacial score (nSPS) is 14.9. The fourth-order valence-electron chi connectivity index (χ4n) is 3.82. The van der Waals surface area contributed by atoms with Gasteiger partial charge in [0.25, 0.3) is 5.89 Å². The van der Waals surface area contributed by atoms with Crippen LogP contribution in [0.15, 0.2) is 88.5 Å². The van der Waals surface area contributed by atoms with Crippen molar-refractivity contribution in [2.24, 2.45) is 4.99 Å². The van der Waals surface area contributed by atoms with E-state index >= 15 is 0 Å². The zero-order valence-electron chi connectivity index (χ0n) is 19.6. The molecule has 9 nitrogen and oxygen atoms in total. The Morgan fingerprint density at radius 1 is 1.08 bits per heavy atom. The van der Waals surface area contributed by atoms with Crippen LogP contribution in [0.5, 0.6) is 0 Å². The molecule has 4 aromatic rings. The van der Waals surface area contributed by atoms with E-state index in [2.05, 4.69) is 37.7 Å². The molecule has 12 heteroatoms. The van der Waals surface area contributed by atoms with E-state index in [0.29, 0.717) is 17.6 Å². The smallest absolute Gasteiger partial charge is 0.402 e. The van der Waals surface area contributed by atoms with Crippen molar-refractivity contribution in [1.82, 2.24) is 15.2 Å². The minimum absolute atomic E-state index is 0.0347. The van der Waals surface area contributed by atoms with E-state index in [0.717, 1.165) is 22.9 Å². The Hall–Kier alpha value is -5.18. The molecule has 0 saturated carbocycles. The van der Waals surface area contributed by atoms with Gasteiger partial charge in [-0.15, -0.1) is 5.10 Å². The molecule has 0 bridgehead atoms. The zero-order chi connectivity index (χ0) is 26.7. The summed E-state index contributed by atoms with van der Waals surface area (Å²) in [5.41, 5.74) is 2.70. The third kappa shape index (κ3) is 5.03. The highest BCUT2D eigenvalue weighted by atomic mass is 19.4. The largest absolute Gasteiger partial charge is 0.417 e. The van der Waals surface area contributed by atoms with E-state index in [1.807, 2.05) is 60.7 Å². The number of fused-ring (bicyclic) bond motifs is 1. The summed E-state index contributed by atoms with van der Waals surface area (Å²) < 4.78 is 45.3. The minimum Gasteiger partial charge on any atom is -0.402 e. The van der Waals surface area contributed by atoms with E-state index in [4.69, 9.17) is 14.7 Å². The van der Waals surface area contributed by atoms with Crippen LogP contribution in [-0.4, -0.2) is 33.6 Å². The number of nitrogens with one attached hydrogen (secondary N) is 3. The van der Waals surface area contributed by atoms with Crippen molar-refractivity contribution in [3.63, 3.8) is 0 Å². The van der Waals surface area contributed by atoms with Gasteiger partial charge in [-0.25, -0.2) is 4.98 Å². The fraction of sp³-hybridized carbons (Fsp3) is 0.115. The van der Waals surface area contributed by atoms with Gasteiger partial charge in [0, 0.05) is 23.0 Å². The highest BCUT2D eigenvalue weighted by Crippen LogP contribution is 2.34. The number of anilines is 3. The number of alkyl halides is 3. The second-order valence-electron chi connectivity index (χ2n) is 8.13. The fourth-order valence-corrected chi connectivity index (χ4v) is 3.82. The molecule has 0 aliphatic carbocycles. The Kier molecular flexibility index (Phi) is 6.49. The van der Waals surface area contributed by atoms with E-state index in [1.165, 1.54) is 0 Å². The highest BCUT2D eigenvalue weighted by Gasteiger charge is 2.32. The summed E-state index contributed by atoms with van der Waals surface area (Å²) in [4.78, 5) is 8.73. The van der Waals surface area contributed by atoms with Gasteiger partial charge in [0.1, 0.15) is 6.54 Å². The Labute approximate surface area is 214 Å². The number of halogens is 3. The highest BCUT2D eigenvalue weighted by molar-refractivity contribution is 6.16. The van der Waals surface area contributed by atoms with Gasteiger partial charge in [0.15, 0.2) is 11.9 Å². The molecule has 5 rings (SSSR count). The summed E-state index contributed by atoms with van der Waals surface area (Å²) >= 11 is 0. The van der Waals surface area contributed by atoms with Crippen molar-refractivity contribution >= 4 is 23.1 Å². The number of aliphatic imine (C=N–C) groups is 1.